The molecule has 0 saturated carbocycles. The molecule has 0 aliphatic carbocycles. The predicted octanol–water partition coefficient (Wildman–Crippen LogP) is 3.81. The third-order valence-electron chi connectivity index (χ3n) is 3.40. The first-order valence-electron chi connectivity index (χ1n) is 6.72. The van der Waals surface area contributed by atoms with Crippen LogP contribution in [0.25, 0.3) is 0 Å². The van der Waals surface area contributed by atoms with Crippen molar-refractivity contribution in [3.8, 4) is 0 Å². The van der Waals surface area contributed by atoms with E-state index in [1.807, 2.05) is 30.8 Å². The van der Waals surface area contributed by atoms with Crippen LogP contribution in [-0.2, 0) is 6.42 Å². The van der Waals surface area contributed by atoms with E-state index in [1.165, 1.54) is 17.9 Å². The van der Waals surface area contributed by atoms with E-state index in [0.29, 0.717) is 6.04 Å². The normalized spacial score (nSPS) is 14.2. The molecule has 0 bridgehead atoms. The molecule has 0 saturated heterocycles. The lowest BCUT2D eigenvalue weighted by Crippen LogP contribution is -2.31. The highest BCUT2D eigenvalue weighted by Crippen LogP contribution is 2.29. The van der Waals surface area contributed by atoms with Gasteiger partial charge in [0.25, 0.3) is 0 Å². The molecule has 1 aromatic rings. The third-order valence-corrected chi connectivity index (χ3v) is 4.40. The summed E-state index contributed by atoms with van der Waals surface area (Å²) in [7, 11) is 2.14. The molecule has 4 heteroatoms. The van der Waals surface area contributed by atoms with Crippen LogP contribution < -0.4 is 10.6 Å². The summed E-state index contributed by atoms with van der Waals surface area (Å²) in [5.74, 6) is 1.18. The SMILES string of the molecule is CSCCC(C)N(C)c1cccc(Cl)c1CC(C)N. The maximum Gasteiger partial charge on any atom is 0.0459 e. The van der Waals surface area contributed by atoms with Gasteiger partial charge in [0.2, 0.25) is 0 Å². The summed E-state index contributed by atoms with van der Waals surface area (Å²) in [6.45, 7) is 4.27. The number of hydrogen-bond acceptors (Lipinski definition) is 3. The Balaban J connectivity index is 2.94. The van der Waals surface area contributed by atoms with E-state index < -0.39 is 0 Å². The molecule has 1 rings (SSSR count). The molecule has 2 N–H and O–H groups in total. The van der Waals surface area contributed by atoms with Crippen LogP contribution in [0.2, 0.25) is 5.02 Å². The van der Waals surface area contributed by atoms with Crippen LogP contribution in [0, 0.1) is 0 Å². The van der Waals surface area contributed by atoms with Gasteiger partial charge in [0.05, 0.1) is 0 Å². The minimum atomic E-state index is 0.119. The quantitative estimate of drug-likeness (QED) is 0.830. The predicted molar refractivity (Wildman–Crippen MR) is 89.7 cm³/mol. The van der Waals surface area contributed by atoms with Crippen molar-refractivity contribution in [1.29, 1.82) is 0 Å². The van der Waals surface area contributed by atoms with Gasteiger partial charge >= 0.3 is 0 Å². The van der Waals surface area contributed by atoms with Gasteiger partial charge in [0.1, 0.15) is 0 Å². The summed E-state index contributed by atoms with van der Waals surface area (Å²) in [5.41, 5.74) is 8.31. The molecular formula is C15H25ClN2S. The topological polar surface area (TPSA) is 29.3 Å². The van der Waals surface area contributed by atoms with Gasteiger partial charge in [-0.1, -0.05) is 17.7 Å². The highest BCUT2D eigenvalue weighted by molar-refractivity contribution is 7.98. The van der Waals surface area contributed by atoms with Gasteiger partial charge in [0, 0.05) is 29.8 Å². The molecule has 0 fully saturated rings. The Hall–Kier alpha value is -0.380. The van der Waals surface area contributed by atoms with Crippen molar-refractivity contribution in [1.82, 2.24) is 0 Å². The van der Waals surface area contributed by atoms with Crippen molar-refractivity contribution < 1.29 is 0 Å². The van der Waals surface area contributed by atoms with Gasteiger partial charge in [-0.05, 0) is 56.4 Å². The van der Waals surface area contributed by atoms with Crippen LogP contribution in [0.1, 0.15) is 25.8 Å². The molecule has 1 aromatic carbocycles. The van der Waals surface area contributed by atoms with Crippen molar-refractivity contribution in [2.24, 2.45) is 5.73 Å². The first-order chi connectivity index (χ1) is 8.97. The molecule has 0 amide bonds. The fourth-order valence-electron chi connectivity index (χ4n) is 2.12. The van der Waals surface area contributed by atoms with Crippen molar-refractivity contribution in [2.45, 2.75) is 38.8 Å². The molecule has 0 aliphatic rings. The Bertz CT molecular complexity index is 396. The van der Waals surface area contributed by atoms with Gasteiger partial charge in [-0.25, -0.2) is 0 Å². The van der Waals surface area contributed by atoms with Crippen LogP contribution in [0.4, 0.5) is 5.69 Å². The zero-order valence-corrected chi connectivity index (χ0v) is 13.9. The van der Waals surface area contributed by atoms with E-state index in [2.05, 4.69) is 31.2 Å². The first-order valence-corrected chi connectivity index (χ1v) is 8.49. The molecule has 2 unspecified atom stereocenters. The number of nitrogens with two attached hydrogens (primary N) is 1. The molecule has 0 aromatic heterocycles. The van der Waals surface area contributed by atoms with E-state index in [0.717, 1.165) is 17.0 Å². The molecule has 2 atom stereocenters. The summed E-state index contributed by atoms with van der Waals surface area (Å²) in [5, 5.41) is 0.818. The zero-order valence-electron chi connectivity index (χ0n) is 12.3. The highest BCUT2D eigenvalue weighted by atomic mass is 35.5. The second-order valence-electron chi connectivity index (χ2n) is 5.16. The lowest BCUT2D eigenvalue weighted by atomic mass is 10.0. The molecule has 0 aliphatic heterocycles. The van der Waals surface area contributed by atoms with Gasteiger partial charge < -0.3 is 10.6 Å². The minimum absolute atomic E-state index is 0.119. The monoisotopic (exact) mass is 300 g/mol. The molecule has 0 heterocycles. The molecule has 0 radical (unpaired) electrons. The van der Waals surface area contributed by atoms with E-state index >= 15 is 0 Å². The number of anilines is 1. The standard InChI is InChI=1S/C15H25ClN2S/c1-11(17)10-13-14(16)6-5-7-15(13)18(3)12(2)8-9-19-4/h5-7,11-12H,8-10,17H2,1-4H3. The number of rotatable bonds is 7. The summed E-state index contributed by atoms with van der Waals surface area (Å²) in [4.78, 5) is 2.32. The Kier molecular flexibility index (Phi) is 7.05. The lowest BCUT2D eigenvalue weighted by molar-refractivity contribution is 0.661. The van der Waals surface area contributed by atoms with Crippen LogP contribution in [0.5, 0.6) is 0 Å². The molecule has 2 nitrogen and oxygen atoms in total. The second-order valence-corrected chi connectivity index (χ2v) is 6.55. The molecular weight excluding hydrogens is 276 g/mol. The van der Waals surface area contributed by atoms with Gasteiger partial charge in [-0.2, -0.15) is 11.8 Å². The fourth-order valence-corrected chi connectivity index (χ4v) is 2.94. The largest absolute Gasteiger partial charge is 0.372 e. The van der Waals surface area contributed by atoms with Crippen LogP contribution in [-0.4, -0.2) is 31.1 Å². The maximum atomic E-state index is 6.34. The number of nitrogens with zero attached hydrogens (tertiary/aromatic N) is 1. The minimum Gasteiger partial charge on any atom is -0.372 e. The van der Waals surface area contributed by atoms with E-state index in [-0.39, 0.29) is 6.04 Å². The van der Waals surface area contributed by atoms with E-state index in [1.54, 1.807) is 0 Å². The highest BCUT2D eigenvalue weighted by Gasteiger charge is 2.16. The van der Waals surface area contributed by atoms with Gasteiger partial charge in [0.15, 0.2) is 0 Å². The Morgan fingerprint density at radius 1 is 1.37 bits per heavy atom. The van der Waals surface area contributed by atoms with Crippen LogP contribution >= 0.6 is 23.4 Å². The van der Waals surface area contributed by atoms with Crippen molar-refractivity contribution >= 4 is 29.1 Å². The number of thioether (sulfide) groups is 1. The van der Waals surface area contributed by atoms with Crippen LogP contribution in [0.15, 0.2) is 18.2 Å². The zero-order chi connectivity index (χ0) is 14.4. The Morgan fingerprint density at radius 3 is 2.63 bits per heavy atom. The van der Waals surface area contributed by atoms with Crippen molar-refractivity contribution in [2.75, 3.05) is 24.0 Å². The summed E-state index contributed by atoms with van der Waals surface area (Å²) < 4.78 is 0. The number of benzene rings is 1. The smallest absolute Gasteiger partial charge is 0.0459 e. The first kappa shape index (κ1) is 16.7. The fraction of sp³-hybridized carbons (Fsp3) is 0.600. The van der Waals surface area contributed by atoms with E-state index in [4.69, 9.17) is 17.3 Å². The molecule has 108 valence electrons. The molecule has 19 heavy (non-hydrogen) atoms. The maximum absolute atomic E-state index is 6.34. The van der Waals surface area contributed by atoms with Crippen molar-refractivity contribution in [3.63, 3.8) is 0 Å². The Labute approximate surface area is 126 Å². The van der Waals surface area contributed by atoms with Gasteiger partial charge in [-0.3, -0.25) is 0 Å². The van der Waals surface area contributed by atoms with Crippen LogP contribution in [0.3, 0.4) is 0 Å². The second kappa shape index (κ2) is 8.03. The van der Waals surface area contributed by atoms with Gasteiger partial charge in [-0.15, -0.1) is 0 Å². The lowest BCUT2D eigenvalue weighted by Gasteiger charge is -2.30. The number of hydrogen-bond donors (Lipinski definition) is 1. The molecule has 0 spiro atoms. The Morgan fingerprint density at radius 2 is 2.05 bits per heavy atom. The average Bonchev–Trinajstić information content (AvgIpc) is 2.37. The summed E-state index contributed by atoms with van der Waals surface area (Å²) in [6.07, 6.45) is 4.13. The summed E-state index contributed by atoms with van der Waals surface area (Å²) in [6, 6.07) is 6.72. The van der Waals surface area contributed by atoms with Crippen molar-refractivity contribution in [3.05, 3.63) is 28.8 Å². The third kappa shape index (κ3) is 4.90. The summed E-state index contributed by atoms with van der Waals surface area (Å²) >= 11 is 8.23. The van der Waals surface area contributed by atoms with E-state index in [9.17, 15) is 0 Å². The number of halogens is 1. The average molecular weight is 301 g/mol.